The van der Waals surface area contributed by atoms with E-state index in [4.69, 9.17) is 4.42 Å². The second-order valence-electron chi connectivity index (χ2n) is 12.0. The minimum absolute atomic E-state index is 0.0579. The molecule has 8 atom stereocenters. The normalized spacial score (nSPS) is 29.6. The molecule has 0 radical (unpaired) electrons. The van der Waals surface area contributed by atoms with Gasteiger partial charge < -0.3 is 14.0 Å². The first-order chi connectivity index (χ1) is 22.9. The molecule has 0 aromatic carbocycles. The lowest BCUT2D eigenvalue weighted by atomic mass is 9.41. The van der Waals surface area contributed by atoms with Crippen LogP contribution >= 0.6 is 12.6 Å². The van der Waals surface area contributed by atoms with Crippen LogP contribution in [0.25, 0.3) is 0 Å². The topological polar surface area (TPSA) is 64.3 Å². The van der Waals surface area contributed by atoms with Crippen molar-refractivity contribution in [3.8, 4) is 12.3 Å². The van der Waals surface area contributed by atoms with Crippen LogP contribution in [0.15, 0.2) is 40.2 Å². The number of terminal acetylenes is 1. The third-order valence-corrected chi connectivity index (χ3v) is 9.79. The number of furan rings is 1. The molecule has 0 amide bonds. The van der Waals surface area contributed by atoms with Crippen LogP contribution in [-0.2, 0) is 14.4 Å². The fraction of sp³-hybridized carbons (Fsp3) is 0.698. The lowest BCUT2D eigenvalue weighted by molar-refractivity contribution is -0.156. The van der Waals surface area contributed by atoms with Gasteiger partial charge in [-0.2, -0.15) is 12.6 Å². The van der Waals surface area contributed by atoms with E-state index < -0.39 is 10.8 Å². The van der Waals surface area contributed by atoms with Gasteiger partial charge in [-0.25, -0.2) is 0 Å². The van der Waals surface area contributed by atoms with Gasteiger partial charge in [0.2, 0.25) is 0 Å². The highest BCUT2D eigenvalue weighted by atomic mass is 32.1. The van der Waals surface area contributed by atoms with Gasteiger partial charge in [0.25, 0.3) is 0 Å². The summed E-state index contributed by atoms with van der Waals surface area (Å²) < 4.78 is 5.51. The van der Waals surface area contributed by atoms with Crippen LogP contribution in [0.3, 0.4) is 0 Å². The average Bonchev–Trinajstić information content (AvgIpc) is 3.69. The Bertz CT molecular complexity index is 1140. The molecule has 4 rings (SSSR count). The predicted molar refractivity (Wildman–Crippen MR) is 215 cm³/mol. The number of hydrogen-bond acceptors (Lipinski definition) is 5. The number of allylic oxidation sites excluding steroid dienone is 4. The van der Waals surface area contributed by atoms with E-state index in [0.717, 1.165) is 31.8 Å². The Balaban J connectivity index is -0.000000566. The number of aryl methyl sites for hydroxylation is 1. The van der Waals surface area contributed by atoms with E-state index in [1.807, 2.05) is 103 Å². The Morgan fingerprint density at radius 2 is 1.44 bits per heavy atom. The number of aldehydes is 2. The van der Waals surface area contributed by atoms with Crippen LogP contribution in [0.4, 0.5) is 0 Å². The molecule has 3 aliphatic carbocycles. The molecule has 5 heteroatoms. The summed E-state index contributed by atoms with van der Waals surface area (Å²) in [7, 11) is 0. The Morgan fingerprint density at radius 1 is 0.958 bits per heavy atom. The van der Waals surface area contributed by atoms with E-state index in [1.165, 1.54) is 22.3 Å². The summed E-state index contributed by atoms with van der Waals surface area (Å²) in [6, 6.07) is 0. The van der Waals surface area contributed by atoms with Gasteiger partial charge in [-0.3, -0.25) is 4.79 Å². The summed E-state index contributed by atoms with van der Waals surface area (Å²) in [6.07, 6.45) is 18.1. The van der Waals surface area contributed by atoms with E-state index in [2.05, 4.69) is 52.7 Å². The Hall–Kier alpha value is -2.32. The standard InChI is InChI=1S/C29H38O4.C3H4.5C2H6.CH4S/c1-17-12-21(22-15-33-14-19(22)3)20(4)25(17)28(6)11-8-23-27(5,16-31)10-9-24(32)29(23,7)26(28)18(2)13-30;1-3-2;6*1-2/h9-10,13-18,21,23,26H,8,11-12H2,1-7H3;1H,2H3;5*1-2H3;2H,1H3/t17?,18?,21-,23?,26?,27?,28?,29?;;;;;;;/m1......./s1. The fourth-order valence-electron chi connectivity index (χ4n) is 8.56. The van der Waals surface area contributed by atoms with Gasteiger partial charge in [0.15, 0.2) is 5.78 Å². The summed E-state index contributed by atoms with van der Waals surface area (Å²) in [5.74, 6) is 2.38. The summed E-state index contributed by atoms with van der Waals surface area (Å²) in [5.41, 5.74) is 3.41. The third-order valence-electron chi connectivity index (χ3n) is 9.79. The van der Waals surface area contributed by atoms with Gasteiger partial charge in [-0.15, -0.1) is 12.3 Å². The van der Waals surface area contributed by atoms with Crippen molar-refractivity contribution in [3.05, 3.63) is 47.0 Å². The summed E-state index contributed by atoms with van der Waals surface area (Å²) in [5, 5.41) is 0. The Labute approximate surface area is 304 Å². The van der Waals surface area contributed by atoms with Crippen LogP contribution in [0.2, 0.25) is 0 Å². The first-order valence-corrected chi connectivity index (χ1v) is 19.5. The fourth-order valence-corrected chi connectivity index (χ4v) is 8.56. The van der Waals surface area contributed by atoms with Crippen molar-refractivity contribution in [3.63, 3.8) is 0 Å². The van der Waals surface area contributed by atoms with Crippen molar-refractivity contribution in [1.82, 2.24) is 0 Å². The molecule has 4 nitrogen and oxygen atoms in total. The molecule has 0 N–H and O–H groups in total. The molecular formula is C43H76O4S. The number of hydrogen-bond donors (Lipinski definition) is 1. The quantitative estimate of drug-likeness (QED) is 0.145. The van der Waals surface area contributed by atoms with Gasteiger partial charge in [0.1, 0.15) is 12.6 Å². The molecule has 7 unspecified atom stereocenters. The molecule has 1 aromatic heterocycles. The lowest BCUT2D eigenvalue weighted by Gasteiger charge is -2.61. The summed E-state index contributed by atoms with van der Waals surface area (Å²) in [6.45, 7) is 36.5. The van der Waals surface area contributed by atoms with Gasteiger partial charge >= 0.3 is 0 Å². The van der Waals surface area contributed by atoms with Crippen LogP contribution in [0.1, 0.15) is 154 Å². The maximum Gasteiger partial charge on any atom is 0.161 e. The molecule has 3 aliphatic rings. The predicted octanol–water partition coefficient (Wildman–Crippen LogP) is 12.6. The van der Waals surface area contributed by atoms with Gasteiger partial charge in [-0.05, 0) is 88.0 Å². The van der Waals surface area contributed by atoms with Crippen LogP contribution in [0.5, 0.6) is 0 Å². The number of rotatable bonds is 5. The molecule has 0 spiro atoms. The third kappa shape index (κ3) is 11.1. The Morgan fingerprint density at radius 3 is 1.83 bits per heavy atom. The van der Waals surface area contributed by atoms with Crippen molar-refractivity contribution < 1.29 is 18.8 Å². The second kappa shape index (κ2) is 26.5. The van der Waals surface area contributed by atoms with E-state index >= 15 is 0 Å². The molecule has 0 saturated heterocycles. The highest BCUT2D eigenvalue weighted by Crippen LogP contribution is 2.67. The van der Waals surface area contributed by atoms with Crippen molar-refractivity contribution >= 4 is 31.0 Å². The van der Waals surface area contributed by atoms with E-state index in [1.54, 1.807) is 25.3 Å². The average molecular weight is 689 g/mol. The van der Waals surface area contributed by atoms with E-state index in [9.17, 15) is 14.4 Å². The summed E-state index contributed by atoms with van der Waals surface area (Å²) >= 11 is 3.53. The van der Waals surface area contributed by atoms with Crippen molar-refractivity contribution in [2.75, 3.05) is 6.26 Å². The summed E-state index contributed by atoms with van der Waals surface area (Å²) in [4.78, 5) is 38.1. The van der Waals surface area contributed by atoms with E-state index in [0.29, 0.717) is 11.8 Å². The van der Waals surface area contributed by atoms with Crippen molar-refractivity contribution in [2.24, 2.45) is 39.9 Å². The lowest BCUT2D eigenvalue weighted by Crippen LogP contribution is -2.61. The monoisotopic (exact) mass is 689 g/mol. The largest absolute Gasteiger partial charge is 0.472 e. The van der Waals surface area contributed by atoms with Crippen LogP contribution in [-0.4, -0.2) is 24.6 Å². The molecule has 0 aliphatic heterocycles. The highest BCUT2D eigenvalue weighted by molar-refractivity contribution is 7.79. The van der Waals surface area contributed by atoms with Gasteiger partial charge in [0, 0.05) is 28.2 Å². The smallest absolute Gasteiger partial charge is 0.161 e. The molecule has 1 aromatic rings. The minimum atomic E-state index is -0.769. The number of carbonyl (C=O) groups is 3. The zero-order chi connectivity index (χ0) is 39.1. The van der Waals surface area contributed by atoms with Crippen molar-refractivity contribution in [1.29, 1.82) is 0 Å². The maximum atomic E-state index is 13.6. The molecule has 48 heavy (non-hydrogen) atoms. The molecule has 1 saturated carbocycles. The molecule has 278 valence electrons. The molecule has 1 fully saturated rings. The maximum absolute atomic E-state index is 13.6. The minimum Gasteiger partial charge on any atom is -0.472 e. The van der Waals surface area contributed by atoms with Crippen LogP contribution < -0.4 is 0 Å². The Kier molecular flexibility index (Phi) is 29.0. The number of thiol groups is 1. The van der Waals surface area contributed by atoms with E-state index in [-0.39, 0.29) is 29.0 Å². The molecule has 1 heterocycles. The zero-order valence-corrected chi connectivity index (χ0v) is 35.5. The number of carbonyl (C=O) groups excluding carboxylic acids is 3. The highest BCUT2D eigenvalue weighted by Gasteiger charge is 2.64. The second-order valence-corrected chi connectivity index (χ2v) is 12.0. The first-order valence-electron chi connectivity index (χ1n) is 18.6. The van der Waals surface area contributed by atoms with Gasteiger partial charge in [-0.1, -0.05) is 114 Å². The zero-order valence-electron chi connectivity index (χ0n) is 34.6. The SMILES string of the molecule is C#CC.CC.CC.CC.CC.CC.CC1=C(C2(C)CCC3C(C)(C=O)C=CC(=O)C3(C)C2C(C)C=O)C(C)C[C@H]1c1cocc1C.CS. The molecule has 0 bridgehead atoms. The molecular weight excluding hydrogens is 613 g/mol. The number of ketones is 1. The first kappa shape index (κ1) is 52.5. The van der Waals surface area contributed by atoms with Crippen LogP contribution in [0, 0.1) is 59.2 Å². The number of fused-ring (bicyclic) bond motifs is 1. The van der Waals surface area contributed by atoms with Gasteiger partial charge in [0.05, 0.1) is 12.5 Å². The van der Waals surface area contributed by atoms with Crippen molar-refractivity contribution in [2.45, 2.75) is 150 Å².